The first-order valence-corrected chi connectivity index (χ1v) is 10.1. The van der Waals surface area contributed by atoms with Gasteiger partial charge < -0.3 is 10.5 Å². The molecule has 0 spiro atoms. The number of anilines is 1. The monoisotopic (exact) mass is 419 g/mol. The molecule has 2 aromatic carbocycles. The maximum atomic E-state index is 11.2. The van der Waals surface area contributed by atoms with Crippen LogP contribution in [-0.2, 0) is 29.2 Å². The number of hydrogen-bond acceptors (Lipinski definition) is 8. The van der Waals surface area contributed by atoms with E-state index in [9.17, 15) is 16.8 Å². The summed E-state index contributed by atoms with van der Waals surface area (Å²) in [4.78, 5) is 0. The van der Waals surface area contributed by atoms with Crippen molar-refractivity contribution in [2.75, 3.05) is 12.3 Å². The molecular weight excluding hydrogens is 402 g/mol. The highest BCUT2D eigenvalue weighted by atomic mass is 32.3. The Labute approximate surface area is 156 Å². The Morgan fingerprint density at radius 3 is 2.00 bits per heavy atom. The minimum atomic E-state index is -5.01. The molecule has 27 heavy (non-hydrogen) atoms. The zero-order chi connectivity index (χ0) is 20.1. The lowest BCUT2D eigenvalue weighted by Crippen LogP contribution is -2.34. The van der Waals surface area contributed by atoms with E-state index in [1.54, 1.807) is 30.3 Å². The second-order valence-corrected chi connectivity index (χ2v) is 7.43. The molecular formula is C15H17NO9S2. The maximum Gasteiger partial charge on any atom is 0.397 e. The standard InChI is InChI=1S/C15H17NO9S2/c16-12-8-6-11(7-9-12)15(24-13-4-2-1-3-5-13)14(25-27(20,21)22)10-23-26(17,18)19/h1-9,14-15H,10,16H2,(H,17,18,19)(H,20,21,22). The van der Waals surface area contributed by atoms with Gasteiger partial charge in [-0.1, -0.05) is 30.3 Å². The third-order valence-corrected chi connectivity index (χ3v) is 4.16. The van der Waals surface area contributed by atoms with Crippen molar-refractivity contribution in [2.45, 2.75) is 12.2 Å². The first-order valence-electron chi connectivity index (χ1n) is 7.38. The fraction of sp³-hybridized carbons (Fsp3) is 0.200. The first-order chi connectivity index (χ1) is 12.5. The lowest BCUT2D eigenvalue weighted by molar-refractivity contribution is 0.0175. The van der Waals surface area contributed by atoms with Crippen LogP contribution in [0.3, 0.4) is 0 Å². The van der Waals surface area contributed by atoms with Crippen molar-refractivity contribution in [3.63, 3.8) is 0 Å². The topological polar surface area (TPSA) is 162 Å². The van der Waals surface area contributed by atoms with Gasteiger partial charge in [-0.15, -0.1) is 0 Å². The van der Waals surface area contributed by atoms with Crippen molar-refractivity contribution >= 4 is 26.5 Å². The molecule has 148 valence electrons. The van der Waals surface area contributed by atoms with E-state index in [1.807, 2.05) is 0 Å². The summed E-state index contributed by atoms with van der Waals surface area (Å²) in [7, 11) is -9.91. The summed E-state index contributed by atoms with van der Waals surface area (Å²) in [6.45, 7) is -0.958. The van der Waals surface area contributed by atoms with Crippen molar-refractivity contribution in [2.24, 2.45) is 0 Å². The highest BCUT2D eigenvalue weighted by Crippen LogP contribution is 2.28. The van der Waals surface area contributed by atoms with E-state index in [2.05, 4.69) is 8.37 Å². The molecule has 0 radical (unpaired) electrons. The Balaban J connectivity index is 2.42. The van der Waals surface area contributed by atoms with Crippen molar-refractivity contribution in [3.05, 3.63) is 60.2 Å². The fourth-order valence-corrected chi connectivity index (χ4v) is 2.94. The normalized spacial score (nSPS) is 14.4. The van der Waals surface area contributed by atoms with Gasteiger partial charge in [0.1, 0.15) is 18.5 Å². The molecule has 2 aromatic rings. The molecule has 4 N–H and O–H groups in total. The van der Waals surface area contributed by atoms with Gasteiger partial charge in [-0.3, -0.25) is 9.11 Å². The van der Waals surface area contributed by atoms with Crippen LogP contribution in [0.25, 0.3) is 0 Å². The summed E-state index contributed by atoms with van der Waals surface area (Å²) in [5.74, 6) is 0.301. The summed E-state index contributed by atoms with van der Waals surface area (Å²) < 4.78 is 76.4. The predicted octanol–water partition coefficient (Wildman–Crippen LogP) is 1.40. The Kier molecular flexibility index (Phi) is 6.75. The van der Waals surface area contributed by atoms with Crippen LogP contribution in [0.5, 0.6) is 5.75 Å². The van der Waals surface area contributed by atoms with Crippen LogP contribution in [0.2, 0.25) is 0 Å². The van der Waals surface area contributed by atoms with Crippen LogP contribution >= 0.6 is 0 Å². The average molecular weight is 419 g/mol. The lowest BCUT2D eigenvalue weighted by Gasteiger charge is -2.26. The molecule has 0 aliphatic rings. The van der Waals surface area contributed by atoms with E-state index in [0.717, 1.165) is 0 Å². The molecule has 0 amide bonds. The quantitative estimate of drug-likeness (QED) is 0.400. The number of nitrogens with two attached hydrogens (primary N) is 1. The second-order valence-electron chi connectivity index (χ2n) is 5.29. The van der Waals surface area contributed by atoms with Gasteiger partial charge in [0.25, 0.3) is 0 Å². The molecule has 0 bridgehead atoms. The van der Waals surface area contributed by atoms with Gasteiger partial charge in [0.15, 0.2) is 6.10 Å². The third kappa shape index (κ3) is 7.50. The van der Waals surface area contributed by atoms with Crippen molar-refractivity contribution in [1.82, 2.24) is 0 Å². The number of para-hydroxylation sites is 1. The summed E-state index contributed by atoms with van der Waals surface area (Å²) in [5.41, 5.74) is 6.39. The summed E-state index contributed by atoms with van der Waals surface area (Å²) >= 11 is 0. The molecule has 0 aromatic heterocycles. The molecule has 12 heteroatoms. The molecule has 2 atom stereocenters. The van der Waals surface area contributed by atoms with Gasteiger partial charge >= 0.3 is 20.8 Å². The molecule has 2 unspecified atom stereocenters. The molecule has 2 rings (SSSR count). The van der Waals surface area contributed by atoms with Gasteiger partial charge in [-0.25, -0.2) is 8.37 Å². The number of nitrogen functional groups attached to an aromatic ring is 1. The SMILES string of the molecule is Nc1ccc(C(Oc2ccccc2)C(COS(=O)(=O)O)OS(=O)(=O)O)cc1. The Morgan fingerprint density at radius 1 is 0.889 bits per heavy atom. The highest BCUT2D eigenvalue weighted by Gasteiger charge is 2.32. The number of ether oxygens (including phenoxy) is 1. The largest absolute Gasteiger partial charge is 0.483 e. The van der Waals surface area contributed by atoms with Gasteiger partial charge in [0, 0.05) is 5.69 Å². The Bertz CT molecular complexity index is 945. The van der Waals surface area contributed by atoms with Gasteiger partial charge in [0.2, 0.25) is 0 Å². The number of benzene rings is 2. The molecule has 0 saturated heterocycles. The molecule has 10 nitrogen and oxygen atoms in total. The molecule has 0 fully saturated rings. The zero-order valence-electron chi connectivity index (χ0n) is 13.7. The van der Waals surface area contributed by atoms with Gasteiger partial charge in [-0.05, 0) is 29.8 Å². The van der Waals surface area contributed by atoms with Gasteiger partial charge in [0.05, 0.1) is 0 Å². The van der Waals surface area contributed by atoms with Crippen LogP contribution in [0.15, 0.2) is 54.6 Å². The smallest absolute Gasteiger partial charge is 0.397 e. The van der Waals surface area contributed by atoms with Crippen LogP contribution in [0.1, 0.15) is 11.7 Å². The highest BCUT2D eigenvalue weighted by molar-refractivity contribution is 7.81. The minimum Gasteiger partial charge on any atom is -0.483 e. The predicted molar refractivity (Wildman–Crippen MR) is 94.6 cm³/mol. The fourth-order valence-electron chi connectivity index (χ4n) is 2.16. The zero-order valence-corrected chi connectivity index (χ0v) is 15.3. The first kappa shape index (κ1) is 21.1. The van der Waals surface area contributed by atoms with Crippen LogP contribution < -0.4 is 10.5 Å². The molecule has 0 aliphatic carbocycles. The van der Waals surface area contributed by atoms with Crippen molar-refractivity contribution in [3.8, 4) is 5.75 Å². The maximum absolute atomic E-state index is 11.2. The van der Waals surface area contributed by atoms with E-state index in [4.69, 9.17) is 19.6 Å². The van der Waals surface area contributed by atoms with E-state index in [0.29, 0.717) is 17.0 Å². The minimum absolute atomic E-state index is 0.301. The average Bonchev–Trinajstić information content (AvgIpc) is 2.57. The molecule has 0 heterocycles. The number of hydrogen-bond donors (Lipinski definition) is 3. The number of rotatable bonds is 9. The Hall–Kier alpha value is -2.22. The van der Waals surface area contributed by atoms with Gasteiger partial charge in [-0.2, -0.15) is 16.8 Å². The molecule has 0 saturated carbocycles. The summed E-state index contributed by atoms with van der Waals surface area (Å²) in [6, 6.07) is 14.2. The van der Waals surface area contributed by atoms with Crippen LogP contribution in [0.4, 0.5) is 5.69 Å². The van der Waals surface area contributed by atoms with Crippen molar-refractivity contribution < 1.29 is 39.0 Å². The third-order valence-electron chi connectivity index (χ3n) is 3.24. The summed E-state index contributed by atoms with van der Waals surface area (Å²) in [5, 5.41) is 0. The second kappa shape index (κ2) is 8.65. The van der Waals surface area contributed by atoms with Crippen molar-refractivity contribution in [1.29, 1.82) is 0 Å². The lowest BCUT2D eigenvalue weighted by atomic mass is 10.0. The Morgan fingerprint density at radius 2 is 1.48 bits per heavy atom. The van der Waals surface area contributed by atoms with Crippen LogP contribution in [0, 0.1) is 0 Å². The summed E-state index contributed by atoms with van der Waals surface area (Å²) in [6.07, 6.45) is -2.90. The van der Waals surface area contributed by atoms with Crippen LogP contribution in [-0.4, -0.2) is 38.7 Å². The van der Waals surface area contributed by atoms with E-state index >= 15 is 0 Å². The molecule has 0 aliphatic heterocycles. The van der Waals surface area contributed by atoms with E-state index in [-0.39, 0.29) is 0 Å². The van der Waals surface area contributed by atoms with E-state index in [1.165, 1.54) is 24.3 Å². The van der Waals surface area contributed by atoms with E-state index < -0.39 is 39.6 Å².